The van der Waals surface area contributed by atoms with Crippen LogP contribution in [0.4, 0.5) is 8.78 Å². The van der Waals surface area contributed by atoms with E-state index >= 15 is 0 Å². The Bertz CT molecular complexity index is 1030. The average molecular weight is 449 g/mol. The summed E-state index contributed by atoms with van der Waals surface area (Å²) in [4.78, 5) is 9.03. The molecule has 0 aliphatic carbocycles. The summed E-state index contributed by atoms with van der Waals surface area (Å²) in [7, 11) is -1.20. The highest BCUT2D eigenvalue weighted by molar-refractivity contribution is 7.86. The first-order valence-corrected chi connectivity index (χ1v) is 11.2. The standard InChI is InChI=1S/C23H23ClF2N2OS/c1-23(2,3)30(29)14-17(10-15-11-19(25)13-20(26)12-15)22-21(27-8-9-28-22)16-4-6-18(24)7-5-16/h4-9,11-13,17H,10,14H2,1-3H3. The van der Waals surface area contributed by atoms with Crippen LogP contribution in [0.25, 0.3) is 11.3 Å². The van der Waals surface area contributed by atoms with Gasteiger partial charge in [0.15, 0.2) is 0 Å². The molecule has 30 heavy (non-hydrogen) atoms. The van der Waals surface area contributed by atoms with Gasteiger partial charge in [-0.3, -0.25) is 14.2 Å². The topological polar surface area (TPSA) is 42.9 Å². The van der Waals surface area contributed by atoms with E-state index < -0.39 is 27.2 Å². The quantitative estimate of drug-likeness (QED) is 0.468. The van der Waals surface area contributed by atoms with Crippen LogP contribution in [0, 0.1) is 11.6 Å². The first kappa shape index (κ1) is 22.5. The molecule has 158 valence electrons. The summed E-state index contributed by atoms with van der Waals surface area (Å²) < 4.78 is 40.1. The van der Waals surface area contributed by atoms with E-state index in [-0.39, 0.29) is 12.3 Å². The van der Waals surface area contributed by atoms with E-state index in [2.05, 4.69) is 9.97 Å². The summed E-state index contributed by atoms with van der Waals surface area (Å²) in [5.41, 5.74) is 2.58. The number of hydrogen-bond acceptors (Lipinski definition) is 3. The van der Waals surface area contributed by atoms with E-state index in [1.165, 1.54) is 12.1 Å². The number of benzene rings is 2. The van der Waals surface area contributed by atoms with Crippen LogP contribution in [0.3, 0.4) is 0 Å². The van der Waals surface area contributed by atoms with E-state index in [1.54, 1.807) is 24.5 Å². The van der Waals surface area contributed by atoms with Gasteiger partial charge in [0, 0.05) is 56.3 Å². The van der Waals surface area contributed by atoms with Crippen molar-refractivity contribution < 1.29 is 13.0 Å². The van der Waals surface area contributed by atoms with Crippen molar-refractivity contribution >= 4 is 22.4 Å². The van der Waals surface area contributed by atoms with Crippen LogP contribution in [0.1, 0.15) is 37.9 Å². The Kier molecular flexibility index (Phi) is 6.98. The van der Waals surface area contributed by atoms with Gasteiger partial charge in [0.05, 0.1) is 11.4 Å². The predicted octanol–water partition coefficient (Wildman–Crippen LogP) is 5.95. The van der Waals surface area contributed by atoms with E-state index in [4.69, 9.17) is 11.6 Å². The van der Waals surface area contributed by atoms with Crippen LogP contribution in [0.15, 0.2) is 54.9 Å². The monoisotopic (exact) mass is 448 g/mol. The molecule has 1 aromatic heterocycles. The van der Waals surface area contributed by atoms with Crippen molar-refractivity contribution in [3.8, 4) is 11.3 Å². The summed E-state index contributed by atoms with van der Waals surface area (Å²) in [6, 6.07) is 10.7. The maximum absolute atomic E-state index is 13.8. The summed E-state index contributed by atoms with van der Waals surface area (Å²) in [5.74, 6) is -1.33. The van der Waals surface area contributed by atoms with Gasteiger partial charge in [0.2, 0.25) is 0 Å². The molecule has 0 aliphatic heterocycles. The van der Waals surface area contributed by atoms with Gasteiger partial charge in [-0.15, -0.1) is 0 Å². The van der Waals surface area contributed by atoms with Gasteiger partial charge in [-0.05, 0) is 57.0 Å². The zero-order valence-electron chi connectivity index (χ0n) is 17.0. The van der Waals surface area contributed by atoms with Crippen LogP contribution < -0.4 is 0 Å². The fourth-order valence-electron chi connectivity index (χ4n) is 3.16. The molecule has 2 unspecified atom stereocenters. The second kappa shape index (κ2) is 9.31. The molecule has 7 heteroatoms. The zero-order chi connectivity index (χ0) is 21.9. The lowest BCUT2D eigenvalue weighted by Crippen LogP contribution is -2.28. The van der Waals surface area contributed by atoms with Gasteiger partial charge in [-0.25, -0.2) is 8.78 Å². The van der Waals surface area contributed by atoms with Crippen molar-refractivity contribution in [2.24, 2.45) is 0 Å². The summed E-state index contributed by atoms with van der Waals surface area (Å²) in [6.45, 7) is 5.70. The SMILES string of the molecule is CC(C)(C)S(=O)CC(Cc1cc(F)cc(F)c1)c1nccnc1-c1ccc(Cl)cc1. The summed E-state index contributed by atoms with van der Waals surface area (Å²) >= 11 is 6.01. The molecule has 0 bridgehead atoms. The molecule has 0 saturated carbocycles. The molecule has 2 aromatic carbocycles. The average Bonchev–Trinajstić information content (AvgIpc) is 2.66. The number of aromatic nitrogens is 2. The number of hydrogen-bond donors (Lipinski definition) is 0. The molecule has 0 N–H and O–H groups in total. The molecule has 3 nitrogen and oxygen atoms in total. The van der Waals surface area contributed by atoms with Gasteiger partial charge in [-0.2, -0.15) is 0 Å². The second-order valence-electron chi connectivity index (χ2n) is 8.10. The van der Waals surface area contributed by atoms with Gasteiger partial charge in [0.25, 0.3) is 0 Å². The van der Waals surface area contributed by atoms with Gasteiger partial charge >= 0.3 is 0 Å². The van der Waals surface area contributed by atoms with Crippen molar-refractivity contribution in [2.75, 3.05) is 5.75 Å². The Labute approximate surface area is 183 Å². The van der Waals surface area contributed by atoms with Crippen molar-refractivity contribution in [3.05, 3.63) is 82.8 Å². The molecular formula is C23H23ClF2N2OS. The lowest BCUT2D eigenvalue weighted by atomic mass is 9.94. The largest absolute Gasteiger partial charge is 0.259 e. The number of nitrogens with zero attached hydrogens (tertiary/aromatic N) is 2. The fourth-order valence-corrected chi connectivity index (χ4v) is 4.43. The van der Waals surface area contributed by atoms with Crippen LogP contribution >= 0.6 is 11.6 Å². The zero-order valence-corrected chi connectivity index (χ0v) is 18.6. The third-order valence-electron chi connectivity index (χ3n) is 4.67. The minimum atomic E-state index is -1.20. The number of halogens is 3. The van der Waals surface area contributed by atoms with Crippen molar-refractivity contribution in [2.45, 2.75) is 37.9 Å². The van der Waals surface area contributed by atoms with Crippen molar-refractivity contribution in [1.29, 1.82) is 0 Å². The molecule has 2 atom stereocenters. The highest BCUT2D eigenvalue weighted by atomic mass is 35.5. The lowest BCUT2D eigenvalue weighted by Gasteiger charge is -2.24. The van der Waals surface area contributed by atoms with Crippen LogP contribution in [-0.2, 0) is 17.2 Å². The number of rotatable bonds is 6. The van der Waals surface area contributed by atoms with E-state index in [1.807, 2.05) is 32.9 Å². The Balaban J connectivity index is 2.06. The molecule has 0 radical (unpaired) electrons. The lowest BCUT2D eigenvalue weighted by molar-refractivity contribution is 0.576. The fraction of sp³-hybridized carbons (Fsp3) is 0.304. The Hall–Kier alpha value is -2.18. The van der Waals surface area contributed by atoms with Crippen LogP contribution in [0.2, 0.25) is 5.02 Å². The highest BCUT2D eigenvalue weighted by Crippen LogP contribution is 2.31. The normalized spacial score (nSPS) is 13.8. The maximum atomic E-state index is 13.8. The first-order chi connectivity index (χ1) is 14.1. The molecule has 3 rings (SSSR count). The Morgan fingerprint density at radius 1 is 1.00 bits per heavy atom. The van der Waals surface area contributed by atoms with Gasteiger partial charge in [0.1, 0.15) is 11.6 Å². The van der Waals surface area contributed by atoms with E-state index in [9.17, 15) is 13.0 Å². The Morgan fingerprint density at radius 2 is 1.60 bits per heavy atom. The molecule has 0 aliphatic rings. The van der Waals surface area contributed by atoms with E-state index in [0.29, 0.717) is 27.7 Å². The van der Waals surface area contributed by atoms with Gasteiger partial charge in [-0.1, -0.05) is 23.7 Å². The van der Waals surface area contributed by atoms with Crippen LogP contribution in [-0.4, -0.2) is 24.7 Å². The van der Waals surface area contributed by atoms with Crippen molar-refractivity contribution in [3.63, 3.8) is 0 Å². The van der Waals surface area contributed by atoms with Crippen LogP contribution in [0.5, 0.6) is 0 Å². The molecule has 0 fully saturated rings. The Morgan fingerprint density at radius 3 is 2.20 bits per heavy atom. The second-order valence-corrected chi connectivity index (χ2v) is 10.8. The first-order valence-electron chi connectivity index (χ1n) is 9.54. The minimum absolute atomic E-state index is 0.287. The summed E-state index contributed by atoms with van der Waals surface area (Å²) in [6.07, 6.45) is 3.46. The molecule has 1 heterocycles. The highest BCUT2D eigenvalue weighted by Gasteiger charge is 2.27. The third kappa shape index (κ3) is 5.70. The molecule has 0 saturated heterocycles. The molecule has 0 amide bonds. The molecular weight excluding hydrogens is 426 g/mol. The third-order valence-corrected chi connectivity index (χ3v) is 6.99. The van der Waals surface area contributed by atoms with Crippen molar-refractivity contribution in [1.82, 2.24) is 9.97 Å². The maximum Gasteiger partial charge on any atom is 0.126 e. The van der Waals surface area contributed by atoms with E-state index in [0.717, 1.165) is 11.6 Å². The molecule has 0 spiro atoms. The minimum Gasteiger partial charge on any atom is -0.259 e. The smallest absolute Gasteiger partial charge is 0.126 e. The molecule has 3 aromatic rings. The predicted molar refractivity (Wildman–Crippen MR) is 118 cm³/mol. The van der Waals surface area contributed by atoms with Gasteiger partial charge < -0.3 is 0 Å². The summed E-state index contributed by atoms with van der Waals surface area (Å²) in [5, 5.41) is 0.602.